The van der Waals surface area contributed by atoms with E-state index in [1.165, 1.54) is 0 Å². The fourth-order valence-electron chi connectivity index (χ4n) is 0.850. The fraction of sp³-hybridized carbons (Fsp3) is 0.667. The molecule has 0 aliphatic rings. The molecule has 0 aliphatic carbocycles. The number of carbonyl (C=O) groups is 1. The zero-order valence-corrected chi connectivity index (χ0v) is 8.33. The van der Waals surface area contributed by atoms with E-state index in [0.29, 0.717) is 0 Å². The summed E-state index contributed by atoms with van der Waals surface area (Å²) in [6, 6.07) is 0. The zero-order valence-electron chi connectivity index (χ0n) is 7.52. The molecule has 0 aromatic rings. The van der Waals surface area contributed by atoms with Crippen LogP contribution < -0.4 is 0 Å². The zero-order chi connectivity index (χ0) is 8.85. The molecule has 0 fully saturated rings. The number of Topliss-reactive ketones (excluding diaryl/α,β-unsaturated/α-hetero) is 1. The Morgan fingerprint density at radius 1 is 1.55 bits per heavy atom. The molecule has 0 aromatic heterocycles. The molecular formula is C9H16OS. The minimum Gasteiger partial charge on any atom is -0.299 e. The number of thioether (sulfide) groups is 1. The minimum absolute atomic E-state index is 0.137. The van der Waals surface area contributed by atoms with Crippen LogP contribution in [0.1, 0.15) is 33.6 Å². The highest BCUT2D eigenvalue weighted by molar-refractivity contribution is 8.04. The first-order chi connectivity index (χ1) is 5.07. The summed E-state index contributed by atoms with van der Waals surface area (Å²) in [6.45, 7) is 9.45. The van der Waals surface area contributed by atoms with Gasteiger partial charge >= 0.3 is 0 Å². The van der Waals surface area contributed by atoms with E-state index in [1.54, 1.807) is 18.7 Å². The highest BCUT2D eigenvalue weighted by atomic mass is 32.2. The second-order valence-corrected chi connectivity index (χ2v) is 4.21. The van der Waals surface area contributed by atoms with Gasteiger partial charge in [-0.15, -0.1) is 11.8 Å². The first-order valence-corrected chi connectivity index (χ1v) is 4.78. The average Bonchev–Trinajstić information content (AvgIpc) is 1.86. The summed E-state index contributed by atoms with van der Waals surface area (Å²) in [7, 11) is 0. The Balaban J connectivity index is 3.89. The second kappa shape index (κ2) is 5.42. The van der Waals surface area contributed by atoms with E-state index in [1.807, 2.05) is 6.92 Å². The van der Waals surface area contributed by atoms with Gasteiger partial charge in [-0.3, -0.25) is 4.79 Å². The highest BCUT2D eigenvalue weighted by Gasteiger charge is 2.12. The van der Waals surface area contributed by atoms with E-state index in [-0.39, 0.29) is 11.0 Å². The second-order valence-electron chi connectivity index (χ2n) is 2.71. The normalized spacial score (nSPS) is 12.6. The van der Waals surface area contributed by atoms with Gasteiger partial charge in [-0.1, -0.05) is 19.9 Å². The lowest BCUT2D eigenvalue weighted by atomic mass is 10.2. The molecule has 64 valence electrons. The molecule has 0 heterocycles. The summed E-state index contributed by atoms with van der Waals surface area (Å²) in [6.07, 6.45) is 2.03. The minimum atomic E-state index is 0.137. The maximum atomic E-state index is 11.0. The van der Waals surface area contributed by atoms with Crippen LogP contribution in [0, 0.1) is 0 Å². The van der Waals surface area contributed by atoms with Crippen LogP contribution in [0.25, 0.3) is 0 Å². The molecule has 0 radical (unpaired) electrons. The van der Waals surface area contributed by atoms with Crippen molar-refractivity contribution in [3.05, 3.63) is 11.5 Å². The number of rotatable bonds is 5. The predicted octanol–water partition coefficient (Wildman–Crippen LogP) is 3.01. The molecule has 1 atom stereocenters. The average molecular weight is 172 g/mol. The lowest BCUT2D eigenvalue weighted by molar-refractivity contribution is -0.116. The molecule has 0 spiro atoms. The summed E-state index contributed by atoms with van der Waals surface area (Å²) >= 11 is 1.59. The highest BCUT2D eigenvalue weighted by Crippen LogP contribution is 2.23. The third-order valence-electron chi connectivity index (χ3n) is 1.35. The molecule has 0 amide bonds. The van der Waals surface area contributed by atoms with E-state index < -0.39 is 0 Å². The van der Waals surface area contributed by atoms with Crippen molar-refractivity contribution in [2.45, 2.75) is 38.9 Å². The molecule has 11 heavy (non-hydrogen) atoms. The van der Waals surface area contributed by atoms with Crippen molar-refractivity contribution in [2.75, 3.05) is 0 Å². The van der Waals surface area contributed by atoms with E-state index >= 15 is 0 Å². The van der Waals surface area contributed by atoms with Crippen LogP contribution in [-0.2, 0) is 4.79 Å². The van der Waals surface area contributed by atoms with E-state index in [4.69, 9.17) is 0 Å². The van der Waals surface area contributed by atoms with E-state index in [0.717, 1.165) is 17.7 Å². The van der Waals surface area contributed by atoms with Crippen LogP contribution in [0.15, 0.2) is 11.5 Å². The first kappa shape index (κ1) is 10.8. The molecule has 0 saturated carbocycles. The summed E-state index contributed by atoms with van der Waals surface area (Å²) in [5.74, 6) is 0.264. The van der Waals surface area contributed by atoms with Gasteiger partial charge in [-0.05, 0) is 25.2 Å². The van der Waals surface area contributed by atoms with Crippen molar-refractivity contribution >= 4 is 17.5 Å². The summed E-state index contributed by atoms with van der Waals surface area (Å²) < 4.78 is 0. The van der Waals surface area contributed by atoms with Crippen LogP contribution in [-0.4, -0.2) is 11.0 Å². The molecule has 0 aromatic carbocycles. The van der Waals surface area contributed by atoms with Gasteiger partial charge in [0.25, 0.3) is 0 Å². The third-order valence-corrected chi connectivity index (χ3v) is 2.60. The smallest absolute Gasteiger partial charge is 0.143 e. The molecule has 0 N–H and O–H groups in total. The van der Waals surface area contributed by atoms with E-state index in [2.05, 4.69) is 13.5 Å². The quantitative estimate of drug-likeness (QED) is 0.634. The Morgan fingerprint density at radius 3 is 2.36 bits per heavy atom. The van der Waals surface area contributed by atoms with Crippen molar-refractivity contribution in [2.24, 2.45) is 0 Å². The maximum Gasteiger partial charge on any atom is 0.143 e. The van der Waals surface area contributed by atoms with Gasteiger partial charge in [0, 0.05) is 0 Å². The Hall–Kier alpha value is -0.240. The Kier molecular flexibility index (Phi) is 5.30. The van der Waals surface area contributed by atoms with Crippen molar-refractivity contribution in [1.82, 2.24) is 0 Å². The number of hydrogen-bond acceptors (Lipinski definition) is 2. The van der Waals surface area contributed by atoms with Gasteiger partial charge < -0.3 is 0 Å². The van der Waals surface area contributed by atoms with Crippen LogP contribution in [0.2, 0.25) is 0 Å². The molecule has 0 saturated heterocycles. The van der Waals surface area contributed by atoms with Crippen LogP contribution in [0.4, 0.5) is 0 Å². The lowest BCUT2D eigenvalue weighted by Gasteiger charge is -2.10. The van der Waals surface area contributed by atoms with Gasteiger partial charge in [0.15, 0.2) is 0 Å². The Bertz CT molecular complexity index is 152. The number of hydrogen-bond donors (Lipinski definition) is 0. The van der Waals surface area contributed by atoms with Crippen molar-refractivity contribution in [3.8, 4) is 0 Å². The maximum absolute atomic E-state index is 11.0. The summed E-state index contributed by atoms with van der Waals surface area (Å²) in [4.78, 5) is 12.0. The van der Waals surface area contributed by atoms with Gasteiger partial charge in [0.1, 0.15) is 5.78 Å². The summed E-state index contributed by atoms with van der Waals surface area (Å²) in [5.41, 5.74) is 0. The molecule has 1 nitrogen and oxygen atoms in total. The largest absolute Gasteiger partial charge is 0.299 e. The van der Waals surface area contributed by atoms with Crippen LogP contribution in [0.3, 0.4) is 0 Å². The van der Waals surface area contributed by atoms with Gasteiger partial charge in [-0.2, -0.15) is 0 Å². The number of ketones is 1. The topological polar surface area (TPSA) is 17.1 Å². The third kappa shape index (κ3) is 5.08. The molecule has 0 aliphatic heterocycles. The fourth-order valence-corrected chi connectivity index (χ4v) is 1.86. The monoisotopic (exact) mass is 172 g/mol. The Morgan fingerprint density at radius 2 is 2.09 bits per heavy atom. The standard InChI is InChI=1S/C9H16OS/c1-5-6-9(8(4)10)11-7(2)3/h9H,2,5-6H2,1,3-4H3. The van der Waals surface area contributed by atoms with Gasteiger partial charge in [0.2, 0.25) is 0 Å². The molecule has 0 bridgehead atoms. The van der Waals surface area contributed by atoms with E-state index in [9.17, 15) is 4.79 Å². The van der Waals surface area contributed by atoms with Gasteiger partial charge in [-0.25, -0.2) is 0 Å². The SMILES string of the molecule is C=C(C)SC(CCC)C(C)=O. The van der Waals surface area contributed by atoms with Crippen molar-refractivity contribution in [3.63, 3.8) is 0 Å². The van der Waals surface area contributed by atoms with Crippen molar-refractivity contribution < 1.29 is 4.79 Å². The van der Waals surface area contributed by atoms with Gasteiger partial charge in [0.05, 0.1) is 5.25 Å². The van der Waals surface area contributed by atoms with Crippen LogP contribution >= 0.6 is 11.8 Å². The lowest BCUT2D eigenvalue weighted by Crippen LogP contribution is -2.12. The van der Waals surface area contributed by atoms with Crippen LogP contribution in [0.5, 0.6) is 0 Å². The molecule has 1 unspecified atom stereocenters. The number of carbonyl (C=O) groups excluding carboxylic acids is 1. The first-order valence-electron chi connectivity index (χ1n) is 3.90. The Labute approximate surface area is 73.3 Å². The van der Waals surface area contributed by atoms with Crippen molar-refractivity contribution in [1.29, 1.82) is 0 Å². The number of allylic oxidation sites excluding steroid dienone is 1. The molecular weight excluding hydrogens is 156 g/mol. The molecule has 2 heteroatoms. The molecule has 0 rings (SSSR count). The summed E-state index contributed by atoms with van der Waals surface area (Å²) in [5, 5.41) is 0.137. The predicted molar refractivity (Wildman–Crippen MR) is 51.8 cm³/mol.